The molecule has 0 radical (unpaired) electrons. The van der Waals surface area contributed by atoms with Gasteiger partial charge in [0.05, 0.1) is 0 Å². The Bertz CT molecular complexity index is 397. The molecule has 1 amide bonds. The number of rotatable bonds is 3. The summed E-state index contributed by atoms with van der Waals surface area (Å²) in [4.78, 5) is 11.9. The highest BCUT2D eigenvalue weighted by Crippen LogP contribution is 2.14. The van der Waals surface area contributed by atoms with Gasteiger partial charge in [0.2, 0.25) is 0 Å². The van der Waals surface area contributed by atoms with Crippen molar-refractivity contribution in [3.8, 4) is 0 Å². The number of hydrogen-bond acceptors (Lipinski definition) is 2. The quantitative estimate of drug-likeness (QED) is 0.897. The summed E-state index contributed by atoms with van der Waals surface area (Å²) in [6.07, 6.45) is 1.13. The summed E-state index contributed by atoms with van der Waals surface area (Å²) in [5.41, 5.74) is 1.64. The molecule has 1 atom stereocenters. The largest absolute Gasteiger partial charge is 0.352 e. The van der Waals surface area contributed by atoms with Crippen LogP contribution in [0.4, 0.5) is 0 Å². The van der Waals surface area contributed by atoms with E-state index in [4.69, 9.17) is 11.6 Å². The molecule has 3 nitrogen and oxygen atoms in total. The highest BCUT2D eigenvalue weighted by Gasteiger charge is 2.15. The Kier molecular flexibility index (Phi) is 5.93. The summed E-state index contributed by atoms with van der Waals surface area (Å²) in [7, 11) is 0. The van der Waals surface area contributed by atoms with Crippen molar-refractivity contribution in [2.24, 2.45) is 5.92 Å². The van der Waals surface area contributed by atoms with Crippen LogP contribution >= 0.6 is 24.0 Å². The van der Waals surface area contributed by atoms with Crippen LogP contribution in [0.25, 0.3) is 0 Å². The lowest BCUT2D eigenvalue weighted by atomic mass is 10.1. The molecule has 1 aliphatic rings. The smallest absolute Gasteiger partial charge is 0.251 e. The molecule has 2 N–H and O–H groups in total. The maximum atomic E-state index is 11.9. The standard InChI is InChI=1S/C13H17ClN2O.ClH/c1-9-4-11(6-12(14)5-9)13(17)16-8-10-2-3-15-7-10;/h4-6,10,15H,2-3,7-8H2,1H3,(H,16,17);1H. The second-order valence-electron chi connectivity index (χ2n) is 4.59. The molecule has 0 saturated carbocycles. The molecular formula is C13H18Cl2N2O. The minimum absolute atomic E-state index is 0. The second-order valence-corrected chi connectivity index (χ2v) is 5.02. The van der Waals surface area contributed by atoms with Crippen LogP contribution in [0, 0.1) is 12.8 Å². The van der Waals surface area contributed by atoms with Crippen LogP contribution in [0.3, 0.4) is 0 Å². The van der Waals surface area contributed by atoms with Crippen molar-refractivity contribution in [2.75, 3.05) is 19.6 Å². The van der Waals surface area contributed by atoms with E-state index < -0.39 is 0 Å². The lowest BCUT2D eigenvalue weighted by Crippen LogP contribution is -2.30. The van der Waals surface area contributed by atoms with E-state index in [1.54, 1.807) is 6.07 Å². The van der Waals surface area contributed by atoms with Crippen LogP contribution in [0.5, 0.6) is 0 Å². The highest BCUT2D eigenvalue weighted by atomic mass is 35.5. The number of nitrogens with one attached hydrogen (secondary N) is 2. The summed E-state index contributed by atoms with van der Waals surface area (Å²) >= 11 is 5.93. The molecular weight excluding hydrogens is 271 g/mol. The number of halogens is 2. The molecule has 5 heteroatoms. The van der Waals surface area contributed by atoms with Gasteiger partial charge in [-0.2, -0.15) is 0 Å². The van der Waals surface area contributed by atoms with Crippen LogP contribution < -0.4 is 10.6 Å². The first-order chi connectivity index (χ1) is 8.15. The van der Waals surface area contributed by atoms with Crippen molar-refractivity contribution >= 4 is 29.9 Å². The van der Waals surface area contributed by atoms with Gasteiger partial charge in [-0.1, -0.05) is 11.6 Å². The lowest BCUT2D eigenvalue weighted by molar-refractivity contribution is 0.0948. The molecule has 1 saturated heterocycles. The molecule has 1 aromatic rings. The third kappa shape index (κ3) is 4.16. The molecule has 0 spiro atoms. The maximum absolute atomic E-state index is 11.9. The Balaban J connectivity index is 0.00000162. The summed E-state index contributed by atoms with van der Waals surface area (Å²) in [6, 6.07) is 5.41. The molecule has 18 heavy (non-hydrogen) atoms. The predicted octanol–water partition coefficient (Wildman–Crippen LogP) is 2.41. The number of amides is 1. The van der Waals surface area contributed by atoms with E-state index in [0.29, 0.717) is 16.5 Å². The normalized spacial score (nSPS) is 18.2. The van der Waals surface area contributed by atoms with Crippen molar-refractivity contribution in [3.05, 3.63) is 34.3 Å². The summed E-state index contributed by atoms with van der Waals surface area (Å²) in [5, 5.41) is 6.85. The van der Waals surface area contributed by atoms with E-state index >= 15 is 0 Å². The van der Waals surface area contributed by atoms with Gasteiger partial charge < -0.3 is 10.6 Å². The Labute approximate surface area is 119 Å². The fraction of sp³-hybridized carbons (Fsp3) is 0.462. The summed E-state index contributed by atoms with van der Waals surface area (Å²) in [6.45, 7) is 4.71. The third-order valence-electron chi connectivity index (χ3n) is 3.02. The molecule has 0 aliphatic carbocycles. The first-order valence-electron chi connectivity index (χ1n) is 5.91. The molecule has 1 aromatic carbocycles. The summed E-state index contributed by atoms with van der Waals surface area (Å²) in [5.74, 6) is 0.515. The van der Waals surface area contributed by atoms with Gasteiger partial charge in [-0.3, -0.25) is 4.79 Å². The third-order valence-corrected chi connectivity index (χ3v) is 3.24. The van der Waals surface area contributed by atoms with Gasteiger partial charge >= 0.3 is 0 Å². The van der Waals surface area contributed by atoms with Crippen molar-refractivity contribution in [1.29, 1.82) is 0 Å². The topological polar surface area (TPSA) is 41.1 Å². The molecule has 0 bridgehead atoms. The number of aryl methyl sites for hydroxylation is 1. The number of carbonyl (C=O) groups excluding carboxylic acids is 1. The number of hydrogen-bond donors (Lipinski definition) is 2. The summed E-state index contributed by atoms with van der Waals surface area (Å²) < 4.78 is 0. The predicted molar refractivity (Wildman–Crippen MR) is 76.7 cm³/mol. The van der Waals surface area contributed by atoms with Gasteiger partial charge in [-0.25, -0.2) is 0 Å². The Hall–Kier alpha value is -0.770. The zero-order valence-corrected chi connectivity index (χ0v) is 11.9. The highest BCUT2D eigenvalue weighted by molar-refractivity contribution is 6.31. The van der Waals surface area contributed by atoms with E-state index in [-0.39, 0.29) is 18.3 Å². The average Bonchev–Trinajstić information content (AvgIpc) is 2.77. The van der Waals surface area contributed by atoms with Crippen LogP contribution in [-0.4, -0.2) is 25.5 Å². The van der Waals surface area contributed by atoms with Crippen molar-refractivity contribution in [2.45, 2.75) is 13.3 Å². The van der Waals surface area contributed by atoms with E-state index in [1.165, 1.54) is 0 Å². The van der Waals surface area contributed by atoms with Gasteiger partial charge in [0.25, 0.3) is 5.91 Å². The van der Waals surface area contributed by atoms with Gasteiger partial charge in [-0.15, -0.1) is 12.4 Å². The molecule has 1 fully saturated rings. The van der Waals surface area contributed by atoms with Crippen LogP contribution in [0.2, 0.25) is 5.02 Å². The van der Waals surface area contributed by atoms with Crippen LogP contribution in [0.1, 0.15) is 22.3 Å². The van der Waals surface area contributed by atoms with Crippen LogP contribution in [0.15, 0.2) is 18.2 Å². The van der Waals surface area contributed by atoms with Crippen molar-refractivity contribution in [1.82, 2.24) is 10.6 Å². The molecule has 1 unspecified atom stereocenters. The van der Waals surface area contributed by atoms with Crippen molar-refractivity contribution in [3.63, 3.8) is 0 Å². The Morgan fingerprint density at radius 3 is 2.89 bits per heavy atom. The number of carbonyl (C=O) groups is 1. The van der Waals surface area contributed by atoms with Gasteiger partial charge in [0.15, 0.2) is 0 Å². The fourth-order valence-electron chi connectivity index (χ4n) is 2.10. The Morgan fingerprint density at radius 2 is 2.28 bits per heavy atom. The fourth-order valence-corrected chi connectivity index (χ4v) is 2.38. The van der Waals surface area contributed by atoms with Crippen LogP contribution in [-0.2, 0) is 0 Å². The van der Waals surface area contributed by atoms with Gasteiger partial charge in [-0.05, 0) is 56.1 Å². The van der Waals surface area contributed by atoms with E-state index in [2.05, 4.69) is 10.6 Å². The van der Waals surface area contributed by atoms with Gasteiger partial charge in [0, 0.05) is 17.1 Å². The number of benzene rings is 1. The van der Waals surface area contributed by atoms with E-state index in [0.717, 1.165) is 31.6 Å². The lowest BCUT2D eigenvalue weighted by Gasteiger charge is -2.10. The van der Waals surface area contributed by atoms with E-state index in [1.807, 2.05) is 19.1 Å². The minimum atomic E-state index is -0.0394. The molecule has 1 heterocycles. The maximum Gasteiger partial charge on any atom is 0.251 e. The zero-order chi connectivity index (χ0) is 12.3. The molecule has 0 aromatic heterocycles. The molecule has 1 aliphatic heterocycles. The minimum Gasteiger partial charge on any atom is -0.352 e. The first kappa shape index (κ1) is 15.3. The second kappa shape index (κ2) is 6.98. The SMILES string of the molecule is Cc1cc(Cl)cc(C(=O)NCC2CCNC2)c1.Cl. The molecule has 100 valence electrons. The molecule has 2 rings (SSSR count). The van der Waals surface area contributed by atoms with Gasteiger partial charge in [0.1, 0.15) is 0 Å². The Morgan fingerprint density at radius 1 is 1.50 bits per heavy atom. The monoisotopic (exact) mass is 288 g/mol. The zero-order valence-electron chi connectivity index (χ0n) is 10.3. The van der Waals surface area contributed by atoms with Crippen molar-refractivity contribution < 1.29 is 4.79 Å². The first-order valence-corrected chi connectivity index (χ1v) is 6.29. The average molecular weight is 289 g/mol. The van der Waals surface area contributed by atoms with E-state index in [9.17, 15) is 4.79 Å².